The van der Waals surface area contributed by atoms with Gasteiger partial charge in [-0.2, -0.15) is 0 Å². The first-order chi connectivity index (χ1) is 8.50. The quantitative estimate of drug-likeness (QED) is 0.824. The number of aromatic amines is 1. The predicted molar refractivity (Wildman–Crippen MR) is 69.4 cm³/mol. The molecular weight excluding hydrogens is 230 g/mol. The van der Waals surface area contributed by atoms with Crippen LogP contribution in [0.3, 0.4) is 0 Å². The van der Waals surface area contributed by atoms with Crippen LogP contribution >= 0.6 is 0 Å². The average Bonchev–Trinajstić information content (AvgIpc) is 2.79. The van der Waals surface area contributed by atoms with Crippen molar-refractivity contribution >= 4 is 5.91 Å². The molecule has 0 bridgehead atoms. The lowest BCUT2D eigenvalue weighted by atomic mass is 9.92. The molecule has 5 heteroatoms. The Morgan fingerprint density at radius 2 is 2.39 bits per heavy atom. The minimum Gasteiger partial charge on any atom is -0.387 e. The summed E-state index contributed by atoms with van der Waals surface area (Å²) in [5.41, 5.74) is -0.201. The van der Waals surface area contributed by atoms with E-state index < -0.39 is 5.60 Å². The maximum absolute atomic E-state index is 12.2. The van der Waals surface area contributed by atoms with Gasteiger partial charge in [0, 0.05) is 19.3 Å². The maximum atomic E-state index is 12.2. The van der Waals surface area contributed by atoms with Crippen LogP contribution in [0, 0.1) is 0 Å². The Kier molecular flexibility index (Phi) is 3.73. The minimum absolute atomic E-state index is 0.0307. The summed E-state index contributed by atoms with van der Waals surface area (Å²) in [6, 6.07) is 3.57. The van der Waals surface area contributed by atoms with E-state index in [0.29, 0.717) is 25.3 Å². The number of piperidine rings is 1. The fourth-order valence-electron chi connectivity index (χ4n) is 2.64. The molecule has 2 N–H and O–H groups in total. The van der Waals surface area contributed by atoms with Crippen molar-refractivity contribution in [3.05, 3.63) is 24.0 Å². The highest BCUT2D eigenvalue weighted by Gasteiger charge is 2.35. The molecule has 1 aliphatic heterocycles. The summed E-state index contributed by atoms with van der Waals surface area (Å²) >= 11 is 0. The molecule has 0 aliphatic carbocycles. The topological polar surface area (TPSA) is 59.6 Å². The number of carbonyl (C=O) groups is 1. The molecule has 0 spiro atoms. The van der Waals surface area contributed by atoms with Crippen LogP contribution in [0.15, 0.2) is 18.3 Å². The van der Waals surface area contributed by atoms with Crippen molar-refractivity contribution < 1.29 is 9.90 Å². The first-order valence-corrected chi connectivity index (χ1v) is 6.30. The molecule has 5 nitrogen and oxygen atoms in total. The van der Waals surface area contributed by atoms with E-state index in [4.69, 9.17) is 0 Å². The van der Waals surface area contributed by atoms with Gasteiger partial charge in [0.1, 0.15) is 5.69 Å². The first kappa shape index (κ1) is 13.1. The van der Waals surface area contributed by atoms with Crippen molar-refractivity contribution in [3.8, 4) is 0 Å². The zero-order valence-corrected chi connectivity index (χ0v) is 11.0. The summed E-state index contributed by atoms with van der Waals surface area (Å²) in [4.78, 5) is 18.8. The van der Waals surface area contributed by atoms with E-state index >= 15 is 0 Å². The number of H-pyrrole nitrogens is 1. The SMILES string of the molecule is CN(C)C[C@@]1(O)CCCN(C(=O)c2ccc[nH]2)C1. The molecule has 1 aliphatic rings. The predicted octanol–water partition coefficient (Wildman–Crippen LogP) is 0.543. The molecule has 1 saturated heterocycles. The number of hydrogen-bond acceptors (Lipinski definition) is 3. The van der Waals surface area contributed by atoms with Crippen LogP contribution in [-0.2, 0) is 0 Å². The van der Waals surface area contributed by atoms with Crippen LogP contribution in [0.2, 0.25) is 0 Å². The monoisotopic (exact) mass is 251 g/mol. The van der Waals surface area contributed by atoms with Gasteiger partial charge < -0.3 is 19.9 Å². The van der Waals surface area contributed by atoms with Gasteiger partial charge in [-0.05, 0) is 39.1 Å². The summed E-state index contributed by atoms with van der Waals surface area (Å²) in [5, 5.41) is 10.5. The van der Waals surface area contributed by atoms with Gasteiger partial charge in [-0.15, -0.1) is 0 Å². The number of nitrogens with zero attached hydrogens (tertiary/aromatic N) is 2. The molecule has 1 amide bonds. The van der Waals surface area contributed by atoms with E-state index in [9.17, 15) is 9.90 Å². The van der Waals surface area contributed by atoms with Gasteiger partial charge in [0.2, 0.25) is 0 Å². The summed E-state index contributed by atoms with van der Waals surface area (Å²) in [7, 11) is 3.87. The highest BCUT2D eigenvalue weighted by atomic mass is 16.3. The zero-order chi connectivity index (χ0) is 13.2. The molecule has 1 fully saturated rings. The minimum atomic E-state index is -0.788. The van der Waals surface area contributed by atoms with Crippen LogP contribution in [0.4, 0.5) is 0 Å². The molecule has 18 heavy (non-hydrogen) atoms. The smallest absolute Gasteiger partial charge is 0.270 e. The number of likely N-dealkylation sites (tertiary alicyclic amines) is 1. The van der Waals surface area contributed by atoms with Gasteiger partial charge in [-0.3, -0.25) is 4.79 Å². The van der Waals surface area contributed by atoms with Gasteiger partial charge in [-0.25, -0.2) is 0 Å². The Bertz CT molecular complexity index is 402. The lowest BCUT2D eigenvalue weighted by molar-refractivity contribution is -0.0392. The largest absolute Gasteiger partial charge is 0.387 e. The van der Waals surface area contributed by atoms with Gasteiger partial charge in [0.25, 0.3) is 5.91 Å². The number of carbonyl (C=O) groups excluding carboxylic acids is 1. The van der Waals surface area contributed by atoms with Crippen LogP contribution in [0.5, 0.6) is 0 Å². The number of rotatable bonds is 3. The number of amides is 1. The van der Waals surface area contributed by atoms with Crippen molar-refractivity contribution in [2.75, 3.05) is 33.7 Å². The molecule has 2 rings (SSSR count). The Morgan fingerprint density at radius 1 is 1.61 bits per heavy atom. The van der Waals surface area contributed by atoms with E-state index in [1.54, 1.807) is 17.2 Å². The van der Waals surface area contributed by atoms with Crippen molar-refractivity contribution in [2.45, 2.75) is 18.4 Å². The second kappa shape index (κ2) is 5.12. The third kappa shape index (κ3) is 2.91. The highest BCUT2D eigenvalue weighted by molar-refractivity contribution is 5.92. The van der Waals surface area contributed by atoms with E-state index in [1.807, 2.05) is 25.1 Å². The average molecular weight is 251 g/mol. The highest BCUT2D eigenvalue weighted by Crippen LogP contribution is 2.22. The van der Waals surface area contributed by atoms with Crippen LogP contribution in [-0.4, -0.2) is 65.1 Å². The second-order valence-electron chi connectivity index (χ2n) is 5.38. The number of aliphatic hydroxyl groups is 1. The Balaban J connectivity index is 2.04. The third-order valence-electron chi connectivity index (χ3n) is 3.28. The van der Waals surface area contributed by atoms with Crippen molar-refractivity contribution in [1.82, 2.24) is 14.8 Å². The first-order valence-electron chi connectivity index (χ1n) is 6.30. The van der Waals surface area contributed by atoms with Crippen LogP contribution < -0.4 is 0 Å². The molecule has 0 unspecified atom stereocenters. The van der Waals surface area contributed by atoms with E-state index in [2.05, 4.69) is 4.98 Å². The molecule has 1 atom stereocenters. The molecule has 100 valence electrons. The lowest BCUT2D eigenvalue weighted by Gasteiger charge is -2.40. The normalized spacial score (nSPS) is 24.6. The van der Waals surface area contributed by atoms with Gasteiger partial charge in [-0.1, -0.05) is 0 Å². The Hall–Kier alpha value is -1.33. The van der Waals surface area contributed by atoms with Gasteiger partial charge in [0.15, 0.2) is 0 Å². The molecule has 1 aromatic heterocycles. The Labute approximate surface area is 107 Å². The van der Waals surface area contributed by atoms with E-state index in [0.717, 1.165) is 12.8 Å². The number of hydrogen-bond donors (Lipinski definition) is 2. The fraction of sp³-hybridized carbons (Fsp3) is 0.615. The fourth-order valence-corrected chi connectivity index (χ4v) is 2.64. The molecule has 0 aromatic carbocycles. The number of aromatic nitrogens is 1. The standard InChI is InChI=1S/C13H21N3O2/c1-15(2)9-13(18)6-4-8-16(10-13)12(17)11-5-3-7-14-11/h3,5,7,14,18H,4,6,8-10H2,1-2H3/t13-/m0/s1. The number of β-amino-alcohol motifs (C(OH)–C–C–N with tert-alkyl or cyclic N) is 1. The summed E-state index contributed by atoms with van der Waals surface area (Å²) in [6.07, 6.45) is 3.33. The lowest BCUT2D eigenvalue weighted by Crippen LogP contribution is -2.54. The molecular formula is C13H21N3O2. The Morgan fingerprint density at radius 3 is 3.00 bits per heavy atom. The van der Waals surface area contributed by atoms with E-state index in [-0.39, 0.29) is 5.91 Å². The third-order valence-corrected chi connectivity index (χ3v) is 3.28. The molecule has 2 heterocycles. The molecule has 0 saturated carbocycles. The van der Waals surface area contributed by atoms with Crippen LogP contribution in [0.25, 0.3) is 0 Å². The van der Waals surface area contributed by atoms with Gasteiger partial charge >= 0.3 is 0 Å². The van der Waals surface area contributed by atoms with Crippen LogP contribution in [0.1, 0.15) is 23.3 Å². The molecule has 1 aromatic rings. The number of likely N-dealkylation sites (N-methyl/N-ethyl adjacent to an activating group) is 1. The number of nitrogens with one attached hydrogen (secondary N) is 1. The maximum Gasteiger partial charge on any atom is 0.270 e. The summed E-state index contributed by atoms with van der Waals surface area (Å²) in [6.45, 7) is 1.71. The van der Waals surface area contributed by atoms with Crippen molar-refractivity contribution in [3.63, 3.8) is 0 Å². The van der Waals surface area contributed by atoms with Crippen molar-refractivity contribution in [1.29, 1.82) is 0 Å². The summed E-state index contributed by atoms with van der Waals surface area (Å²) in [5.74, 6) is -0.0307. The zero-order valence-electron chi connectivity index (χ0n) is 11.0. The summed E-state index contributed by atoms with van der Waals surface area (Å²) < 4.78 is 0. The second-order valence-corrected chi connectivity index (χ2v) is 5.38. The van der Waals surface area contributed by atoms with Gasteiger partial charge in [0.05, 0.1) is 12.1 Å². The van der Waals surface area contributed by atoms with Crippen molar-refractivity contribution in [2.24, 2.45) is 0 Å². The molecule has 0 radical (unpaired) electrons. The van der Waals surface area contributed by atoms with E-state index in [1.165, 1.54) is 0 Å².